The van der Waals surface area contributed by atoms with Gasteiger partial charge in [0, 0.05) is 18.0 Å². The molecule has 5 heteroatoms. The van der Waals surface area contributed by atoms with Gasteiger partial charge in [-0.15, -0.1) is 10.2 Å². The first-order valence-electron chi connectivity index (χ1n) is 4.04. The molecular formula is C9H7BrN4. The third-order valence-corrected chi connectivity index (χ3v) is 2.13. The summed E-state index contributed by atoms with van der Waals surface area (Å²) in [7, 11) is 0. The van der Waals surface area contributed by atoms with Crippen molar-refractivity contribution in [2.45, 2.75) is 6.92 Å². The van der Waals surface area contributed by atoms with Crippen molar-refractivity contribution >= 4 is 15.9 Å². The second-order valence-electron chi connectivity index (χ2n) is 2.76. The Morgan fingerprint density at radius 1 is 1.07 bits per heavy atom. The predicted octanol–water partition coefficient (Wildman–Crippen LogP) is 2.00. The van der Waals surface area contributed by atoms with Gasteiger partial charge in [0.05, 0.1) is 5.69 Å². The van der Waals surface area contributed by atoms with E-state index in [0.717, 1.165) is 17.1 Å². The van der Waals surface area contributed by atoms with Crippen LogP contribution in [0.3, 0.4) is 0 Å². The van der Waals surface area contributed by atoms with E-state index in [1.165, 1.54) is 0 Å². The van der Waals surface area contributed by atoms with Crippen molar-refractivity contribution in [2.75, 3.05) is 0 Å². The average Bonchev–Trinajstić information content (AvgIpc) is 2.21. The van der Waals surface area contributed by atoms with Gasteiger partial charge in [-0.2, -0.15) is 0 Å². The van der Waals surface area contributed by atoms with Crippen LogP contribution >= 0.6 is 15.9 Å². The third-order valence-electron chi connectivity index (χ3n) is 1.71. The van der Waals surface area contributed by atoms with E-state index in [2.05, 4.69) is 36.1 Å². The molecule has 0 saturated carbocycles. The zero-order valence-corrected chi connectivity index (χ0v) is 9.06. The Labute approximate surface area is 89.6 Å². The SMILES string of the molecule is Cc1ncc(-c2ccc(Br)nn2)cn1. The maximum absolute atomic E-state index is 4.09. The number of rotatable bonds is 1. The molecule has 0 spiro atoms. The summed E-state index contributed by atoms with van der Waals surface area (Å²) in [6.45, 7) is 1.84. The molecule has 0 aliphatic heterocycles. The average molecular weight is 251 g/mol. The molecule has 0 N–H and O–H groups in total. The molecule has 0 amide bonds. The number of hydrogen-bond acceptors (Lipinski definition) is 4. The number of hydrogen-bond donors (Lipinski definition) is 0. The molecule has 14 heavy (non-hydrogen) atoms. The molecule has 0 atom stereocenters. The fourth-order valence-electron chi connectivity index (χ4n) is 0.995. The molecule has 2 rings (SSSR count). The number of halogens is 1. The van der Waals surface area contributed by atoms with Crippen LogP contribution in [0.2, 0.25) is 0 Å². The fourth-order valence-corrected chi connectivity index (χ4v) is 1.21. The Morgan fingerprint density at radius 2 is 1.79 bits per heavy atom. The van der Waals surface area contributed by atoms with Crippen LogP contribution in [0.15, 0.2) is 29.1 Å². The summed E-state index contributed by atoms with van der Waals surface area (Å²) in [5, 5.41) is 7.89. The lowest BCUT2D eigenvalue weighted by Gasteiger charge is -1.98. The largest absolute Gasteiger partial charge is 0.241 e. The highest BCUT2D eigenvalue weighted by atomic mass is 79.9. The topological polar surface area (TPSA) is 51.6 Å². The first-order chi connectivity index (χ1) is 6.75. The summed E-state index contributed by atoms with van der Waals surface area (Å²) in [6.07, 6.45) is 3.47. The highest BCUT2D eigenvalue weighted by molar-refractivity contribution is 9.10. The minimum absolute atomic E-state index is 0.717. The zero-order chi connectivity index (χ0) is 9.97. The van der Waals surface area contributed by atoms with Gasteiger partial charge in [0.25, 0.3) is 0 Å². The Balaban J connectivity index is 2.40. The van der Waals surface area contributed by atoms with Gasteiger partial charge in [0.1, 0.15) is 10.4 Å². The Bertz CT molecular complexity index is 380. The van der Waals surface area contributed by atoms with Crippen LogP contribution in [0.1, 0.15) is 5.82 Å². The van der Waals surface area contributed by atoms with Crippen molar-refractivity contribution in [1.82, 2.24) is 20.2 Å². The maximum Gasteiger partial charge on any atom is 0.128 e. The second-order valence-corrected chi connectivity index (χ2v) is 3.57. The van der Waals surface area contributed by atoms with Crippen LogP contribution in [0.25, 0.3) is 11.3 Å². The maximum atomic E-state index is 4.09. The number of nitrogens with zero attached hydrogens (tertiary/aromatic N) is 4. The third kappa shape index (κ3) is 1.93. The molecule has 4 nitrogen and oxygen atoms in total. The van der Waals surface area contributed by atoms with E-state index in [0.29, 0.717) is 4.60 Å². The van der Waals surface area contributed by atoms with Gasteiger partial charge in [-0.05, 0) is 35.0 Å². The van der Waals surface area contributed by atoms with Crippen LogP contribution in [0, 0.1) is 6.92 Å². The summed E-state index contributed by atoms with van der Waals surface area (Å²) >= 11 is 3.22. The molecule has 0 saturated heterocycles. The van der Waals surface area contributed by atoms with E-state index in [1.807, 2.05) is 19.1 Å². The van der Waals surface area contributed by atoms with E-state index in [9.17, 15) is 0 Å². The highest BCUT2D eigenvalue weighted by Gasteiger charge is 2.00. The van der Waals surface area contributed by atoms with Crippen molar-refractivity contribution in [3.8, 4) is 11.3 Å². The first-order valence-corrected chi connectivity index (χ1v) is 4.83. The van der Waals surface area contributed by atoms with Crippen LogP contribution < -0.4 is 0 Å². The van der Waals surface area contributed by atoms with Gasteiger partial charge >= 0.3 is 0 Å². The van der Waals surface area contributed by atoms with Gasteiger partial charge in [-0.3, -0.25) is 0 Å². The number of aryl methyl sites for hydroxylation is 1. The summed E-state index contributed by atoms with van der Waals surface area (Å²) in [5.41, 5.74) is 1.64. The lowest BCUT2D eigenvalue weighted by atomic mass is 10.2. The molecule has 0 unspecified atom stereocenters. The van der Waals surface area contributed by atoms with E-state index in [4.69, 9.17) is 0 Å². The van der Waals surface area contributed by atoms with Crippen LogP contribution in [-0.2, 0) is 0 Å². The van der Waals surface area contributed by atoms with Crippen molar-refractivity contribution in [1.29, 1.82) is 0 Å². The Kier molecular flexibility index (Phi) is 2.49. The lowest BCUT2D eigenvalue weighted by molar-refractivity contribution is 0.997. The van der Waals surface area contributed by atoms with Gasteiger partial charge in [0.15, 0.2) is 0 Å². The minimum atomic E-state index is 0.717. The summed E-state index contributed by atoms with van der Waals surface area (Å²) in [5.74, 6) is 0.749. The molecule has 0 radical (unpaired) electrons. The molecule has 0 aromatic carbocycles. The summed E-state index contributed by atoms with van der Waals surface area (Å²) in [6, 6.07) is 3.70. The monoisotopic (exact) mass is 250 g/mol. The Hall–Kier alpha value is -1.36. The molecule has 0 bridgehead atoms. The van der Waals surface area contributed by atoms with Crippen molar-refractivity contribution in [3.63, 3.8) is 0 Å². The fraction of sp³-hybridized carbons (Fsp3) is 0.111. The van der Waals surface area contributed by atoms with Crippen molar-refractivity contribution in [3.05, 3.63) is 35.0 Å². The summed E-state index contributed by atoms with van der Waals surface area (Å²) in [4.78, 5) is 8.17. The lowest BCUT2D eigenvalue weighted by Crippen LogP contribution is -1.91. The molecule has 0 fully saturated rings. The minimum Gasteiger partial charge on any atom is -0.241 e. The van der Waals surface area contributed by atoms with E-state index in [-0.39, 0.29) is 0 Å². The molecule has 2 aromatic rings. The second kappa shape index (κ2) is 3.79. The normalized spacial score (nSPS) is 10.1. The van der Waals surface area contributed by atoms with Crippen molar-refractivity contribution < 1.29 is 0 Å². The highest BCUT2D eigenvalue weighted by Crippen LogP contribution is 2.14. The van der Waals surface area contributed by atoms with Crippen molar-refractivity contribution in [2.24, 2.45) is 0 Å². The quantitative estimate of drug-likeness (QED) is 0.777. The first kappa shape index (κ1) is 9.21. The molecule has 2 heterocycles. The molecule has 0 aliphatic carbocycles. The predicted molar refractivity (Wildman–Crippen MR) is 55.5 cm³/mol. The molecule has 70 valence electrons. The summed E-state index contributed by atoms with van der Waals surface area (Å²) < 4.78 is 0.717. The van der Waals surface area contributed by atoms with Crippen LogP contribution in [0.5, 0.6) is 0 Å². The molecular weight excluding hydrogens is 244 g/mol. The van der Waals surface area contributed by atoms with Gasteiger partial charge in [-0.1, -0.05) is 0 Å². The Morgan fingerprint density at radius 3 is 2.36 bits per heavy atom. The smallest absolute Gasteiger partial charge is 0.128 e. The van der Waals surface area contributed by atoms with Gasteiger partial charge in [0.2, 0.25) is 0 Å². The van der Waals surface area contributed by atoms with Crippen LogP contribution in [-0.4, -0.2) is 20.2 Å². The zero-order valence-electron chi connectivity index (χ0n) is 7.48. The van der Waals surface area contributed by atoms with Crippen LogP contribution in [0.4, 0.5) is 0 Å². The number of aromatic nitrogens is 4. The standard InChI is InChI=1S/C9H7BrN4/c1-6-11-4-7(5-12-6)8-2-3-9(10)14-13-8/h2-5H,1H3. The molecule has 0 aliphatic rings. The van der Waals surface area contributed by atoms with E-state index >= 15 is 0 Å². The van der Waals surface area contributed by atoms with Gasteiger partial charge in [-0.25, -0.2) is 9.97 Å². The van der Waals surface area contributed by atoms with Gasteiger partial charge < -0.3 is 0 Å². The van der Waals surface area contributed by atoms with E-state index < -0.39 is 0 Å². The van der Waals surface area contributed by atoms with E-state index in [1.54, 1.807) is 12.4 Å². The molecule has 2 aromatic heterocycles.